The molecule has 0 radical (unpaired) electrons. The van der Waals surface area contributed by atoms with Crippen molar-refractivity contribution < 1.29 is 4.42 Å². The summed E-state index contributed by atoms with van der Waals surface area (Å²) in [5, 5.41) is 26.6. The Hall–Kier alpha value is -5.84. The number of hydrogen-bond acceptors (Lipinski definition) is 3. The Morgan fingerprint density at radius 3 is 2.02 bits per heavy atom. The smallest absolute Gasteiger partial charge is 0.136 e. The Kier molecular flexibility index (Phi) is 4.62. The average Bonchev–Trinajstić information content (AvgIpc) is 3.55. The molecule has 8 rings (SSSR count). The van der Waals surface area contributed by atoms with Crippen molar-refractivity contribution in [3.8, 4) is 29.0 Å². The molecule has 0 spiro atoms. The van der Waals surface area contributed by atoms with Crippen molar-refractivity contribution in [1.82, 2.24) is 4.57 Å². The topological polar surface area (TPSA) is 65.7 Å². The zero-order valence-corrected chi connectivity index (χ0v) is 21.2. The van der Waals surface area contributed by atoms with E-state index in [4.69, 9.17) is 4.42 Å². The largest absolute Gasteiger partial charge is 0.456 e. The summed E-state index contributed by atoms with van der Waals surface area (Å²) in [6.45, 7) is 0. The molecule has 8 aromatic rings. The van der Waals surface area contributed by atoms with Crippen LogP contribution in [0.25, 0.3) is 71.3 Å². The van der Waals surface area contributed by atoms with Gasteiger partial charge in [-0.05, 0) is 70.4 Å². The second-order valence-electron chi connectivity index (χ2n) is 9.98. The van der Waals surface area contributed by atoms with Gasteiger partial charge in [0.2, 0.25) is 0 Å². The van der Waals surface area contributed by atoms with E-state index in [0.717, 1.165) is 65.6 Å². The van der Waals surface area contributed by atoms with E-state index in [9.17, 15) is 10.5 Å². The van der Waals surface area contributed by atoms with E-state index in [-0.39, 0.29) is 0 Å². The van der Waals surface area contributed by atoms with Crippen molar-refractivity contribution in [1.29, 1.82) is 10.5 Å². The van der Waals surface area contributed by atoms with Gasteiger partial charge in [-0.3, -0.25) is 0 Å². The minimum absolute atomic E-state index is 0.463. The molecule has 4 heteroatoms. The Morgan fingerprint density at radius 1 is 0.525 bits per heavy atom. The fourth-order valence-electron chi connectivity index (χ4n) is 6.08. The van der Waals surface area contributed by atoms with Gasteiger partial charge in [0.15, 0.2) is 0 Å². The van der Waals surface area contributed by atoms with Crippen LogP contribution in [0.3, 0.4) is 0 Å². The van der Waals surface area contributed by atoms with Gasteiger partial charge in [0.1, 0.15) is 23.3 Å². The highest BCUT2D eigenvalue weighted by atomic mass is 16.3. The van der Waals surface area contributed by atoms with Crippen LogP contribution in [0, 0.1) is 22.7 Å². The number of furan rings is 1. The van der Waals surface area contributed by atoms with Crippen LogP contribution in [0.2, 0.25) is 0 Å². The van der Waals surface area contributed by atoms with E-state index in [0.29, 0.717) is 16.8 Å². The number of nitriles is 2. The molecule has 184 valence electrons. The number of aromatic nitrogens is 1. The van der Waals surface area contributed by atoms with E-state index < -0.39 is 0 Å². The molecule has 4 nitrogen and oxygen atoms in total. The molecular weight excluding hydrogens is 490 g/mol. The summed E-state index contributed by atoms with van der Waals surface area (Å²) in [4.78, 5) is 0. The van der Waals surface area contributed by atoms with Gasteiger partial charge >= 0.3 is 0 Å². The summed E-state index contributed by atoms with van der Waals surface area (Å²) in [6, 6.07) is 43.3. The van der Waals surface area contributed by atoms with Crippen molar-refractivity contribution in [2.24, 2.45) is 0 Å². The van der Waals surface area contributed by atoms with Gasteiger partial charge in [-0.1, -0.05) is 66.7 Å². The molecule has 0 aliphatic rings. The maximum Gasteiger partial charge on any atom is 0.136 e. The predicted molar refractivity (Wildman–Crippen MR) is 160 cm³/mol. The standard InChI is InChI=1S/C36H19N3O/c37-20-25-7-5-8-26(21-38)36(25)39-31-16-14-23(18-30(31)35-27-9-2-1-6-22(27)13-17-32(35)39)24-12-15-29-28-10-3-4-11-33(28)40-34(29)19-24/h1-19H. The fourth-order valence-corrected chi connectivity index (χ4v) is 6.08. The molecule has 0 aliphatic heterocycles. The number of hydrogen-bond donors (Lipinski definition) is 0. The fraction of sp³-hybridized carbons (Fsp3) is 0. The van der Waals surface area contributed by atoms with E-state index >= 15 is 0 Å². The summed E-state index contributed by atoms with van der Waals surface area (Å²) in [5.41, 5.74) is 7.30. The molecule has 0 bridgehead atoms. The first kappa shape index (κ1) is 22.2. The maximum atomic E-state index is 10.0. The Labute approximate surface area is 229 Å². The highest BCUT2D eigenvalue weighted by Gasteiger charge is 2.20. The van der Waals surface area contributed by atoms with Crippen molar-refractivity contribution >= 4 is 54.5 Å². The first-order chi connectivity index (χ1) is 19.7. The van der Waals surface area contributed by atoms with Crippen molar-refractivity contribution in [3.63, 3.8) is 0 Å². The van der Waals surface area contributed by atoms with Gasteiger partial charge in [-0.15, -0.1) is 0 Å². The molecule has 0 unspecified atom stereocenters. The van der Waals surface area contributed by atoms with Gasteiger partial charge in [-0.2, -0.15) is 10.5 Å². The summed E-state index contributed by atoms with van der Waals surface area (Å²) in [6.07, 6.45) is 0. The molecule has 0 amide bonds. The van der Waals surface area contributed by atoms with Gasteiger partial charge in [-0.25, -0.2) is 0 Å². The number of rotatable bonds is 2. The number of benzene rings is 6. The predicted octanol–water partition coefficient (Wildman–Crippen LogP) is 9.25. The second-order valence-corrected chi connectivity index (χ2v) is 9.98. The molecule has 0 N–H and O–H groups in total. The molecular formula is C36H19N3O. The van der Waals surface area contributed by atoms with Crippen LogP contribution in [0.1, 0.15) is 11.1 Å². The molecule has 2 heterocycles. The molecule has 0 saturated carbocycles. The summed E-state index contributed by atoms with van der Waals surface area (Å²) in [5.74, 6) is 0. The minimum Gasteiger partial charge on any atom is -0.456 e. The van der Waals surface area contributed by atoms with E-state index in [1.807, 2.05) is 30.3 Å². The third-order valence-electron chi connectivity index (χ3n) is 7.87. The maximum absolute atomic E-state index is 10.0. The summed E-state index contributed by atoms with van der Waals surface area (Å²) >= 11 is 0. The summed E-state index contributed by atoms with van der Waals surface area (Å²) < 4.78 is 8.25. The first-order valence-electron chi connectivity index (χ1n) is 13.1. The molecule has 0 saturated heterocycles. The van der Waals surface area contributed by atoms with Crippen LogP contribution < -0.4 is 0 Å². The van der Waals surface area contributed by atoms with Gasteiger partial charge in [0.25, 0.3) is 0 Å². The molecule has 0 atom stereocenters. The van der Waals surface area contributed by atoms with E-state index in [2.05, 4.69) is 83.4 Å². The van der Waals surface area contributed by atoms with Crippen LogP contribution in [0.5, 0.6) is 0 Å². The number of fused-ring (bicyclic) bond motifs is 8. The van der Waals surface area contributed by atoms with Gasteiger partial charge in [0.05, 0.1) is 27.8 Å². The lowest BCUT2D eigenvalue weighted by atomic mass is 9.99. The Bertz CT molecular complexity index is 2380. The summed E-state index contributed by atoms with van der Waals surface area (Å²) in [7, 11) is 0. The van der Waals surface area contributed by atoms with E-state index in [1.54, 1.807) is 18.2 Å². The lowest BCUT2D eigenvalue weighted by Crippen LogP contribution is -2.01. The second kappa shape index (κ2) is 8.33. The monoisotopic (exact) mass is 509 g/mol. The van der Waals surface area contributed by atoms with Crippen LogP contribution in [-0.4, -0.2) is 4.57 Å². The average molecular weight is 510 g/mol. The van der Waals surface area contributed by atoms with Crippen LogP contribution in [-0.2, 0) is 0 Å². The van der Waals surface area contributed by atoms with Crippen LogP contribution in [0.15, 0.2) is 120 Å². The SMILES string of the molecule is N#Cc1cccc(C#N)c1-n1c2ccc(-c3ccc4c(c3)oc3ccccc34)cc2c2c3ccccc3ccc21. The zero-order valence-electron chi connectivity index (χ0n) is 21.2. The molecule has 0 aliphatic carbocycles. The molecule has 2 aromatic heterocycles. The van der Waals surface area contributed by atoms with Crippen molar-refractivity contribution in [3.05, 3.63) is 126 Å². The Balaban J connectivity index is 1.47. The molecule has 40 heavy (non-hydrogen) atoms. The minimum atomic E-state index is 0.463. The first-order valence-corrected chi connectivity index (χ1v) is 13.1. The molecule has 6 aromatic carbocycles. The lowest BCUT2D eigenvalue weighted by molar-refractivity contribution is 0.669. The quantitative estimate of drug-likeness (QED) is 0.233. The van der Waals surface area contributed by atoms with Crippen LogP contribution >= 0.6 is 0 Å². The number of para-hydroxylation sites is 2. The van der Waals surface area contributed by atoms with Gasteiger partial charge in [0, 0.05) is 21.5 Å². The normalized spacial score (nSPS) is 11.4. The third-order valence-corrected chi connectivity index (χ3v) is 7.87. The lowest BCUT2D eigenvalue weighted by Gasteiger charge is -2.12. The highest BCUT2D eigenvalue weighted by molar-refractivity contribution is 6.22. The molecule has 0 fully saturated rings. The zero-order chi connectivity index (χ0) is 26.8. The van der Waals surface area contributed by atoms with Gasteiger partial charge < -0.3 is 8.98 Å². The third kappa shape index (κ3) is 3.05. The highest BCUT2D eigenvalue weighted by Crippen LogP contribution is 2.40. The van der Waals surface area contributed by atoms with Crippen molar-refractivity contribution in [2.45, 2.75) is 0 Å². The number of nitrogens with zero attached hydrogens (tertiary/aromatic N) is 3. The Morgan fingerprint density at radius 2 is 1.20 bits per heavy atom. The van der Waals surface area contributed by atoms with Crippen molar-refractivity contribution in [2.75, 3.05) is 0 Å². The van der Waals surface area contributed by atoms with Crippen LogP contribution in [0.4, 0.5) is 0 Å². The van der Waals surface area contributed by atoms with E-state index in [1.165, 1.54) is 0 Å².